The highest BCUT2D eigenvalue weighted by atomic mass is 19.1. The van der Waals surface area contributed by atoms with Gasteiger partial charge in [-0.25, -0.2) is 4.39 Å². The Labute approximate surface area is 110 Å². The van der Waals surface area contributed by atoms with Crippen LogP contribution in [0.4, 0.5) is 4.39 Å². The lowest BCUT2D eigenvalue weighted by atomic mass is 9.98. The molecule has 1 saturated heterocycles. The second-order valence-electron chi connectivity index (χ2n) is 4.48. The van der Waals surface area contributed by atoms with Crippen molar-refractivity contribution < 1.29 is 14.0 Å². The van der Waals surface area contributed by atoms with Crippen molar-refractivity contribution in [2.75, 3.05) is 13.1 Å². The highest BCUT2D eigenvalue weighted by Crippen LogP contribution is 2.10. The van der Waals surface area contributed by atoms with Crippen LogP contribution in [0.25, 0.3) is 0 Å². The highest BCUT2D eigenvalue weighted by molar-refractivity contribution is 5.95. The van der Waals surface area contributed by atoms with Crippen molar-refractivity contribution in [2.45, 2.75) is 12.8 Å². The van der Waals surface area contributed by atoms with Gasteiger partial charge >= 0.3 is 0 Å². The molecule has 1 heterocycles. The van der Waals surface area contributed by atoms with E-state index < -0.39 is 11.7 Å². The number of carbonyl (C=O) groups is 2. The van der Waals surface area contributed by atoms with Gasteiger partial charge in [-0.1, -0.05) is 6.07 Å². The summed E-state index contributed by atoms with van der Waals surface area (Å²) in [5.41, 5.74) is 4.85. The van der Waals surface area contributed by atoms with E-state index in [1.165, 1.54) is 18.2 Å². The summed E-state index contributed by atoms with van der Waals surface area (Å²) in [5.74, 6) is -1.31. The molecule has 0 atom stereocenters. The maximum absolute atomic E-state index is 12.9. The predicted octanol–water partition coefficient (Wildman–Crippen LogP) is 0.586. The Morgan fingerprint density at radius 1 is 1.21 bits per heavy atom. The standard InChI is InChI=1S/C13H16FN3O2/c14-11-3-1-2-10(8-11)13(19)17-16-12(18)9-4-6-15-7-5-9/h1-3,8-9,15H,4-7H2,(H,16,18)(H,17,19). The molecule has 0 bridgehead atoms. The van der Waals surface area contributed by atoms with Crippen molar-refractivity contribution in [3.8, 4) is 0 Å². The molecule has 0 aromatic heterocycles. The normalized spacial score (nSPS) is 15.8. The molecule has 2 rings (SSSR count). The molecule has 3 N–H and O–H groups in total. The van der Waals surface area contributed by atoms with Gasteiger partial charge in [0, 0.05) is 11.5 Å². The number of halogens is 1. The lowest BCUT2D eigenvalue weighted by Gasteiger charge is -2.21. The smallest absolute Gasteiger partial charge is 0.269 e. The van der Waals surface area contributed by atoms with E-state index >= 15 is 0 Å². The zero-order chi connectivity index (χ0) is 13.7. The molecule has 0 saturated carbocycles. The van der Waals surface area contributed by atoms with Crippen molar-refractivity contribution in [1.29, 1.82) is 0 Å². The first-order valence-electron chi connectivity index (χ1n) is 6.23. The molecule has 102 valence electrons. The number of nitrogens with one attached hydrogen (secondary N) is 3. The third-order valence-electron chi connectivity index (χ3n) is 3.10. The van der Waals surface area contributed by atoms with Crippen LogP contribution in [0.15, 0.2) is 24.3 Å². The van der Waals surface area contributed by atoms with Gasteiger partial charge in [0.1, 0.15) is 5.82 Å². The Kier molecular flexibility index (Phi) is 4.46. The Morgan fingerprint density at radius 3 is 2.63 bits per heavy atom. The number of carbonyl (C=O) groups excluding carboxylic acids is 2. The minimum Gasteiger partial charge on any atom is -0.317 e. The largest absolute Gasteiger partial charge is 0.317 e. The van der Waals surface area contributed by atoms with Gasteiger partial charge in [-0.05, 0) is 44.1 Å². The van der Waals surface area contributed by atoms with Gasteiger partial charge in [-0.15, -0.1) is 0 Å². The summed E-state index contributed by atoms with van der Waals surface area (Å²) >= 11 is 0. The Bertz CT molecular complexity index is 473. The third-order valence-corrected chi connectivity index (χ3v) is 3.10. The van der Waals surface area contributed by atoms with Crippen LogP contribution in [0.2, 0.25) is 0 Å². The maximum atomic E-state index is 12.9. The molecule has 6 heteroatoms. The summed E-state index contributed by atoms with van der Waals surface area (Å²) in [6, 6.07) is 5.30. The Morgan fingerprint density at radius 2 is 1.95 bits per heavy atom. The van der Waals surface area contributed by atoms with Crippen LogP contribution in [0, 0.1) is 11.7 Å². The molecule has 0 spiro atoms. The summed E-state index contributed by atoms with van der Waals surface area (Å²) in [6.07, 6.45) is 1.50. The Hall–Kier alpha value is -1.95. The SMILES string of the molecule is O=C(NNC(=O)C1CCNCC1)c1cccc(F)c1. The van der Waals surface area contributed by atoms with Crippen molar-refractivity contribution in [3.05, 3.63) is 35.6 Å². The van der Waals surface area contributed by atoms with E-state index in [9.17, 15) is 14.0 Å². The summed E-state index contributed by atoms with van der Waals surface area (Å²) in [7, 11) is 0. The van der Waals surface area contributed by atoms with E-state index in [0.717, 1.165) is 32.0 Å². The second kappa shape index (κ2) is 6.29. The Balaban J connectivity index is 1.84. The van der Waals surface area contributed by atoms with Crippen molar-refractivity contribution in [2.24, 2.45) is 5.92 Å². The number of amides is 2. The van der Waals surface area contributed by atoms with Gasteiger partial charge in [0.25, 0.3) is 5.91 Å². The minimum absolute atomic E-state index is 0.0888. The highest BCUT2D eigenvalue weighted by Gasteiger charge is 2.21. The van der Waals surface area contributed by atoms with Crippen molar-refractivity contribution in [1.82, 2.24) is 16.2 Å². The zero-order valence-electron chi connectivity index (χ0n) is 10.4. The van der Waals surface area contributed by atoms with Crippen LogP contribution in [-0.4, -0.2) is 24.9 Å². The average Bonchev–Trinajstić information content (AvgIpc) is 2.45. The molecule has 1 aromatic rings. The average molecular weight is 265 g/mol. The molecule has 1 fully saturated rings. The molecular formula is C13H16FN3O2. The van der Waals surface area contributed by atoms with Crippen LogP contribution < -0.4 is 16.2 Å². The molecule has 0 radical (unpaired) electrons. The fourth-order valence-electron chi connectivity index (χ4n) is 2.01. The predicted molar refractivity (Wildman–Crippen MR) is 67.6 cm³/mol. The van der Waals surface area contributed by atoms with E-state index in [4.69, 9.17) is 0 Å². The summed E-state index contributed by atoms with van der Waals surface area (Å²) in [5, 5.41) is 3.16. The van der Waals surface area contributed by atoms with Gasteiger partial charge in [-0.2, -0.15) is 0 Å². The fourth-order valence-corrected chi connectivity index (χ4v) is 2.01. The molecule has 1 aromatic carbocycles. The molecule has 0 aliphatic carbocycles. The van der Waals surface area contributed by atoms with E-state index in [-0.39, 0.29) is 17.4 Å². The molecule has 2 amide bonds. The number of piperidine rings is 1. The molecule has 0 unspecified atom stereocenters. The number of hydrogen-bond donors (Lipinski definition) is 3. The van der Waals surface area contributed by atoms with Crippen LogP contribution in [0.1, 0.15) is 23.2 Å². The van der Waals surface area contributed by atoms with Crippen LogP contribution >= 0.6 is 0 Å². The van der Waals surface area contributed by atoms with E-state index in [1.807, 2.05) is 0 Å². The third kappa shape index (κ3) is 3.75. The zero-order valence-corrected chi connectivity index (χ0v) is 10.4. The molecule has 5 nitrogen and oxygen atoms in total. The van der Waals surface area contributed by atoms with Crippen LogP contribution in [0.5, 0.6) is 0 Å². The second-order valence-corrected chi connectivity index (χ2v) is 4.48. The van der Waals surface area contributed by atoms with Crippen molar-refractivity contribution >= 4 is 11.8 Å². The monoisotopic (exact) mass is 265 g/mol. The fraction of sp³-hybridized carbons (Fsp3) is 0.385. The van der Waals surface area contributed by atoms with Gasteiger partial charge in [0.2, 0.25) is 5.91 Å². The quantitative estimate of drug-likeness (QED) is 0.685. The molecule has 1 aliphatic rings. The maximum Gasteiger partial charge on any atom is 0.269 e. The van der Waals surface area contributed by atoms with Gasteiger partial charge in [0.05, 0.1) is 0 Å². The van der Waals surface area contributed by atoms with E-state index in [2.05, 4.69) is 16.2 Å². The van der Waals surface area contributed by atoms with E-state index in [1.54, 1.807) is 0 Å². The first-order valence-corrected chi connectivity index (χ1v) is 6.23. The lowest BCUT2D eigenvalue weighted by Crippen LogP contribution is -2.46. The lowest BCUT2D eigenvalue weighted by molar-refractivity contribution is -0.126. The van der Waals surface area contributed by atoms with Crippen LogP contribution in [-0.2, 0) is 4.79 Å². The van der Waals surface area contributed by atoms with Gasteiger partial charge < -0.3 is 5.32 Å². The van der Waals surface area contributed by atoms with Gasteiger partial charge in [-0.3, -0.25) is 20.4 Å². The number of rotatable bonds is 2. The molecule has 1 aliphatic heterocycles. The van der Waals surface area contributed by atoms with Crippen molar-refractivity contribution in [3.63, 3.8) is 0 Å². The first kappa shape index (κ1) is 13.5. The molecular weight excluding hydrogens is 249 g/mol. The summed E-state index contributed by atoms with van der Waals surface area (Å²) in [6.45, 7) is 1.60. The molecule has 19 heavy (non-hydrogen) atoms. The minimum atomic E-state index is -0.526. The van der Waals surface area contributed by atoms with E-state index in [0.29, 0.717) is 0 Å². The number of hydrogen-bond acceptors (Lipinski definition) is 3. The summed E-state index contributed by atoms with van der Waals surface area (Å²) in [4.78, 5) is 23.5. The number of hydrazine groups is 1. The number of benzene rings is 1. The summed E-state index contributed by atoms with van der Waals surface area (Å²) < 4.78 is 12.9. The van der Waals surface area contributed by atoms with Crippen LogP contribution in [0.3, 0.4) is 0 Å². The van der Waals surface area contributed by atoms with Gasteiger partial charge in [0.15, 0.2) is 0 Å². The first-order chi connectivity index (χ1) is 9.16. The topological polar surface area (TPSA) is 70.2 Å².